The molecule has 1 fully saturated rings. The lowest BCUT2D eigenvalue weighted by atomic mass is 9.98. The number of ether oxygens (including phenoxy) is 1. The van der Waals surface area contributed by atoms with Crippen LogP contribution in [0.15, 0.2) is 30.5 Å². The highest BCUT2D eigenvalue weighted by Crippen LogP contribution is 2.20. The summed E-state index contributed by atoms with van der Waals surface area (Å²) in [6.07, 6.45) is 2.90. The van der Waals surface area contributed by atoms with E-state index in [0.29, 0.717) is 19.4 Å². The molecule has 0 spiro atoms. The van der Waals surface area contributed by atoms with Gasteiger partial charge in [0.2, 0.25) is 11.8 Å². The second-order valence-electron chi connectivity index (χ2n) is 8.34. The lowest BCUT2D eigenvalue weighted by molar-refractivity contribution is -0.132. The predicted octanol–water partition coefficient (Wildman–Crippen LogP) is 2.50. The normalized spacial score (nSPS) is 17.1. The molecule has 0 unspecified atom stereocenters. The van der Waals surface area contributed by atoms with Crippen LogP contribution in [0.4, 0.5) is 4.79 Å². The summed E-state index contributed by atoms with van der Waals surface area (Å²) in [5.74, 6) is -0.988. The molecule has 1 aliphatic rings. The quantitative estimate of drug-likeness (QED) is 0.689. The van der Waals surface area contributed by atoms with Gasteiger partial charge in [-0.05, 0) is 45.2 Å². The Morgan fingerprint density at radius 3 is 2.72 bits per heavy atom. The summed E-state index contributed by atoms with van der Waals surface area (Å²) >= 11 is 0. The van der Waals surface area contributed by atoms with E-state index in [1.54, 1.807) is 11.1 Å². The highest BCUT2D eigenvalue weighted by atomic mass is 16.6. The maximum absolute atomic E-state index is 12.5. The minimum atomic E-state index is -0.581. The van der Waals surface area contributed by atoms with Gasteiger partial charge in [-0.15, -0.1) is 0 Å². The van der Waals surface area contributed by atoms with Gasteiger partial charge >= 0.3 is 6.09 Å². The topological polar surface area (TPSA) is 104 Å². The molecule has 8 heteroatoms. The fourth-order valence-corrected chi connectivity index (χ4v) is 3.41. The Morgan fingerprint density at radius 1 is 1.21 bits per heavy atom. The summed E-state index contributed by atoms with van der Waals surface area (Å²) in [5, 5.41) is 0.981. The van der Waals surface area contributed by atoms with E-state index >= 15 is 0 Å². The number of carbonyl (C=O) groups is 3. The summed E-state index contributed by atoms with van der Waals surface area (Å²) in [6, 6.07) is 7.73. The number of hydrogen-bond acceptors (Lipinski definition) is 4. The predicted molar refractivity (Wildman–Crippen MR) is 109 cm³/mol. The maximum Gasteiger partial charge on any atom is 0.410 e. The molecule has 0 saturated carbocycles. The molecule has 1 aliphatic heterocycles. The number of hydrogen-bond donors (Lipinski definition) is 3. The lowest BCUT2D eigenvalue weighted by Gasteiger charge is -2.33. The zero-order chi connectivity index (χ0) is 21.0. The number of fused-ring (bicyclic) bond motifs is 1. The summed E-state index contributed by atoms with van der Waals surface area (Å²) in [5.41, 5.74) is 6.21. The van der Waals surface area contributed by atoms with Gasteiger partial charge in [0.15, 0.2) is 0 Å². The smallest absolute Gasteiger partial charge is 0.410 e. The highest BCUT2D eigenvalue weighted by Gasteiger charge is 2.31. The Hall–Kier alpha value is -3.03. The van der Waals surface area contributed by atoms with E-state index in [2.05, 4.69) is 15.8 Å². The largest absolute Gasteiger partial charge is 0.444 e. The number of amides is 3. The molecule has 1 saturated heterocycles. The molecular weight excluding hydrogens is 372 g/mol. The first-order chi connectivity index (χ1) is 13.7. The van der Waals surface area contributed by atoms with Gasteiger partial charge in [-0.1, -0.05) is 18.2 Å². The van der Waals surface area contributed by atoms with Crippen LogP contribution in [0.3, 0.4) is 0 Å². The van der Waals surface area contributed by atoms with Crippen molar-refractivity contribution in [3.8, 4) is 0 Å². The molecule has 1 aromatic carbocycles. The van der Waals surface area contributed by atoms with Crippen molar-refractivity contribution < 1.29 is 19.1 Å². The Bertz CT molecular complexity index is 899. The molecule has 29 heavy (non-hydrogen) atoms. The molecule has 1 atom stereocenters. The summed E-state index contributed by atoms with van der Waals surface area (Å²) in [6.45, 7) is 6.26. The monoisotopic (exact) mass is 400 g/mol. The van der Waals surface area contributed by atoms with Crippen LogP contribution in [0, 0.1) is 5.92 Å². The number of nitrogens with zero attached hydrogens (tertiary/aromatic N) is 1. The van der Waals surface area contributed by atoms with Crippen LogP contribution in [0.5, 0.6) is 0 Å². The number of H-pyrrole nitrogens is 1. The summed E-state index contributed by atoms with van der Waals surface area (Å²) in [7, 11) is 0. The molecule has 156 valence electrons. The Labute approximate surface area is 169 Å². The minimum absolute atomic E-state index is 0.152. The van der Waals surface area contributed by atoms with Gasteiger partial charge in [-0.3, -0.25) is 20.4 Å². The molecule has 3 amide bonds. The molecule has 3 N–H and O–H groups in total. The minimum Gasteiger partial charge on any atom is -0.444 e. The molecule has 3 rings (SSSR count). The first kappa shape index (κ1) is 20.7. The van der Waals surface area contributed by atoms with Gasteiger partial charge in [0.05, 0.1) is 12.3 Å². The van der Waals surface area contributed by atoms with E-state index in [-0.39, 0.29) is 30.7 Å². The summed E-state index contributed by atoms with van der Waals surface area (Å²) < 4.78 is 5.38. The van der Waals surface area contributed by atoms with E-state index in [0.717, 1.165) is 16.5 Å². The second kappa shape index (κ2) is 8.55. The van der Waals surface area contributed by atoms with E-state index in [9.17, 15) is 14.4 Å². The third-order valence-electron chi connectivity index (χ3n) is 4.79. The van der Waals surface area contributed by atoms with Crippen LogP contribution in [0.2, 0.25) is 0 Å². The van der Waals surface area contributed by atoms with Gasteiger partial charge in [0.1, 0.15) is 5.60 Å². The van der Waals surface area contributed by atoms with Crippen LogP contribution in [-0.4, -0.2) is 46.5 Å². The van der Waals surface area contributed by atoms with Crippen molar-refractivity contribution >= 4 is 28.8 Å². The van der Waals surface area contributed by atoms with Crippen LogP contribution in [0.25, 0.3) is 10.9 Å². The number of hydrazine groups is 1. The Morgan fingerprint density at radius 2 is 1.97 bits per heavy atom. The zero-order valence-corrected chi connectivity index (χ0v) is 17.1. The number of aromatic nitrogens is 1. The van der Waals surface area contributed by atoms with Crippen molar-refractivity contribution in [1.29, 1.82) is 0 Å². The SMILES string of the molecule is CC(C)(C)OC(=O)N1CCC[C@@H](C(=O)NNC(=O)Cc2c[nH]c3ccccc23)C1. The second-order valence-corrected chi connectivity index (χ2v) is 8.34. The molecule has 8 nitrogen and oxygen atoms in total. The molecule has 0 aliphatic carbocycles. The number of para-hydroxylation sites is 1. The summed E-state index contributed by atoms with van der Waals surface area (Å²) in [4.78, 5) is 41.6. The average Bonchev–Trinajstić information content (AvgIpc) is 3.08. The maximum atomic E-state index is 12.5. The van der Waals surface area contributed by atoms with Gasteiger partial charge in [0, 0.05) is 30.2 Å². The standard InChI is InChI=1S/C21H28N4O4/c1-21(2,3)29-20(28)25-10-6-7-14(13-25)19(27)24-23-18(26)11-15-12-22-17-9-5-4-8-16(15)17/h4-5,8-9,12,14,22H,6-7,10-11,13H2,1-3H3,(H,23,26)(H,24,27)/t14-/m1/s1. The number of piperidine rings is 1. The van der Waals surface area contributed by atoms with E-state index < -0.39 is 11.7 Å². The molecule has 0 radical (unpaired) electrons. The average molecular weight is 400 g/mol. The van der Waals surface area contributed by atoms with E-state index in [1.807, 2.05) is 45.0 Å². The van der Waals surface area contributed by atoms with Crippen molar-refractivity contribution in [1.82, 2.24) is 20.7 Å². The Kier molecular flexibility index (Phi) is 6.10. The molecular formula is C21H28N4O4. The lowest BCUT2D eigenvalue weighted by Crippen LogP contribution is -2.50. The van der Waals surface area contributed by atoms with Gasteiger partial charge in [-0.25, -0.2) is 4.79 Å². The first-order valence-electron chi connectivity index (χ1n) is 9.84. The van der Waals surface area contributed by atoms with E-state index in [1.165, 1.54) is 0 Å². The highest BCUT2D eigenvalue weighted by molar-refractivity contribution is 5.90. The molecule has 0 bridgehead atoms. The van der Waals surface area contributed by atoms with Crippen molar-refractivity contribution in [2.45, 2.75) is 45.6 Å². The van der Waals surface area contributed by atoms with Gasteiger partial charge in [-0.2, -0.15) is 0 Å². The number of rotatable bonds is 3. The first-order valence-corrected chi connectivity index (χ1v) is 9.84. The fraction of sp³-hybridized carbons (Fsp3) is 0.476. The number of carbonyl (C=O) groups excluding carboxylic acids is 3. The van der Waals surface area contributed by atoms with Crippen molar-refractivity contribution in [2.75, 3.05) is 13.1 Å². The zero-order valence-electron chi connectivity index (χ0n) is 17.1. The van der Waals surface area contributed by atoms with Crippen LogP contribution < -0.4 is 10.9 Å². The van der Waals surface area contributed by atoms with Crippen LogP contribution in [0.1, 0.15) is 39.2 Å². The van der Waals surface area contributed by atoms with Gasteiger partial charge < -0.3 is 14.6 Å². The number of benzene rings is 1. The van der Waals surface area contributed by atoms with Crippen molar-refractivity contribution in [3.63, 3.8) is 0 Å². The fourth-order valence-electron chi connectivity index (χ4n) is 3.41. The molecule has 1 aromatic heterocycles. The number of nitrogens with one attached hydrogen (secondary N) is 3. The molecule has 2 aromatic rings. The van der Waals surface area contributed by atoms with Crippen LogP contribution in [-0.2, 0) is 20.7 Å². The molecule has 2 heterocycles. The number of likely N-dealkylation sites (tertiary alicyclic amines) is 1. The number of aromatic amines is 1. The Balaban J connectivity index is 1.49. The third kappa shape index (κ3) is 5.49. The van der Waals surface area contributed by atoms with Crippen LogP contribution >= 0.6 is 0 Å². The third-order valence-corrected chi connectivity index (χ3v) is 4.79. The van der Waals surface area contributed by atoms with Crippen molar-refractivity contribution in [2.24, 2.45) is 5.92 Å². The van der Waals surface area contributed by atoms with E-state index in [4.69, 9.17) is 4.74 Å². The van der Waals surface area contributed by atoms with Gasteiger partial charge in [0.25, 0.3) is 0 Å². The van der Waals surface area contributed by atoms with Crippen molar-refractivity contribution in [3.05, 3.63) is 36.0 Å².